The molecule has 13 nitrogen and oxygen atoms in total. The van der Waals surface area contributed by atoms with Gasteiger partial charge >= 0.3 is 0 Å². The number of pyridine rings is 1. The molecule has 256 valence electrons. The van der Waals surface area contributed by atoms with E-state index < -0.39 is 29.4 Å². The summed E-state index contributed by atoms with van der Waals surface area (Å²) in [6, 6.07) is 13.3. The van der Waals surface area contributed by atoms with Crippen molar-refractivity contribution in [2.75, 3.05) is 23.8 Å². The summed E-state index contributed by atoms with van der Waals surface area (Å²) in [5.74, 6) is -0.119. The molecular weight excluding hydrogens is 877 g/mol. The first-order valence-corrected chi connectivity index (χ1v) is 15.7. The van der Waals surface area contributed by atoms with Crippen LogP contribution >= 0.6 is 0 Å². The molecule has 2 aliphatic heterocycles. The second-order valence-electron chi connectivity index (χ2n) is 12.5. The monoisotopic (exact) mass is 904 g/mol. The van der Waals surface area contributed by atoms with Gasteiger partial charge in [-0.2, -0.15) is 5.10 Å². The number of carbonyl (C=O) groups is 1. The van der Waals surface area contributed by atoms with Gasteiger partial charge in [0.15, 0.2) is 11.5 Å². The van der Waals surface area contributed by atoms with Gasteiger partial charge in [0.2, 0.25) is 5.91 Å². The molecule has 6 heterocycles. The maximum atomic E-state index is 14.8. The topological polar surface area (TPSA) is 160 Å². The van der Waals surface area contributed by atoms with E-state index in [2.05, 4.69) is 31.2 Å². The number of amides is 1. The Morgan fingerprint density at radius 1 is 1.10 bits per heavy atom. The fourth-order valence-electron chi connectivity index (χ4n) is 7.05. The van der Waals surface area contributed by atoms with E-state index in [0.717, 1.165) is 40.2 Å². The molecule has 0 radical (unpaired) electrons. The number of nitrogens with one attached hydrogen (secondary N) is 2. The van der Waals surface area contributed by atoms with Crippen molar-refractivity contribution in [3.8, 4) is 16.9 Å². The number of carbonyl (C=O) groups excluding carboxylic acids is 1. The predicted octanol–water partition coefficient (Wildman–Crippen LogP) is 3.92. The minimum atomic E-state index is -1.16. The molecular formula is C34H31CmF2N12O-. The Kier molecular flexibility index (Phi) is 7.43. The van der Waals surface area contributed by atoms with Gasteiger partial charge in [0.25, 0.3) is 0 Å². The molecule has 2 aliphatic rings. The fraction of sp³-hybridized carbons (Fsp3) is 0.265. The second-order valence-corrected chi connectivity index (χ2v) is 12.5. The number of aryl methyl sites for hydroxylation is 2. The first kappa shape index (κ1) is 31.8. The number of fused-ring (bicyclic) bond motifs is 6. The van der Waals surface area contributed by atoms with Crippen molar-refractivity contribution in [2.45, 2.75) is 44.1 Å². The number of benzene rings is 2. The fourth-order valence-corrected chi connectivity index (χ4v) is 7.05. The Morgan fingerprint density at radius 3 is 2.72 bits per heavy atom. The van der Waals surface area contributed by atoms with E-state index in [9.17, 15) is 13.6 Å². The van der Waals surface area contributed by atoms with E-state index in [1.54, 1.807) is 11.9 Å². The number of para-hydroxylation sites is 1. The van der Waals surface area contributed by atoms with Crippen molar-refractivity contribution in [3.05, 3.63) is 84.6 Å². The molecule has 0 aliphatic carbocycles. The van der Waals surface area contributed by atoms with Crippen molar-refractivity contribution in [1.82, 2.24) is 39.2 Å². The molecule has 4 aromatic heterocycles. The van der Waals surface area contributed by atoms with Gasteiger partial charge in [-0.25, -0.2) is 33.4 Å². The van der Waals surface area contributed by atoms with Crippen LogP contribution in [0.3, 0.4) is 0 Å². The van der Waals surface area contributed by atoms with Gasteiger partial charge in [-0.05, 0) is 43.7 Å². The summed E-state index contributed by atoms with van der Waals surface area (Å²) in [7, 11) is 1.66. The summed E-state index contributed by atoms with van der Waals surface area (Å²) in [6.45, 7) is 2.55. The molecule has 4 bridgehead atoms. The molecule has 2 aromatic carbocycles. The Morgan fingerprint density at radius 2 is 1.92 bits per heavy atom. The first-order chi connectivity index (χ1) is 23.6. The summed E-state index contributed by atoms with van der Waals surface area (Å²) in [5.41, 5.74) is 9.56. The summed E-state index contributed by atoms with van der Waals surface area (Å²) < 4.78 is 31.9. The molecule has 16 heteroatoms. The maximum Gasteiger partial charge on any atom is 0.243 e. The maximum absolute atomic E-state index is 14.8. The molecule has 1 amide bonds. The van der Waals surface area contributed by atoms with Crippen LogP contribution in [0.4, 0.5) is 20.4 Å². The van der Waals surface area contributed by atoms with Crippen molar-refractivity contribution >= 4 is 45.8 Å². The summed E-state index contributed by atoms with van der Waals surface area (Å²) in [5, 5.41) is 16.4. The Balaban J connectivity index is 0.00000392. The first-order valence-electron chi connectivity index (χ1n) is 15.7. The van der Waals surface area contributed by atoms with Gasteiger partial charge in [-0.3, -0.25) is 4.79 Å². The minimum Gasteiger partial charge on any atom is -0.517 e. The summed E-state index contributed by atoms with van der Waals surface area (Å²) in [4.78, 5) is 36.4. The normalized spacial score (nSPS) is 20.7. The average molecular weight is 909 g/mol. The van der Waals surface area contributed by atoms with Crippen LogP contribution in [0.5, 0.6) is 0 Å². The van der Waals surface area contributed by atoms with E-state index in [-0.39, 0.29) is 30.2 Å². The number of likely N-dealkylation sites (N-methyl/N-ethyl adjacent to an activating group) is 1. The van der Waals surface area contributed by atoms with Gasteiger partial charge < -0.3 is 37.0 Å². The zero-order valence-corrected chi connectivity index (χ0v) is 29.9. The zero-order chi connectivity index (χ0) is 34.0. The van der Waals surface area contributed by atoms with Gasteiger partial charge in [0.05, 0.1) is 34.9 Å². The van der Waals surface area contributed by atoms with Gasteiger partial charge in [0.1, 0.15) is 47.0 Å². The number of anilines is 2. The van der Waals surface area contributed by atoms with E-state index in [1.807, 2.05) is 43.3 Å². The third kappa shape index (κ3) is 5.01. The van der Waals surface area contributed by atoms with E-state index in [4.69, 9.17) is 21.1 Å². The number of imidazole rings is 1. The third-order valence-electron chi connectivity index (χ3n) is 9.39. The minimum absolute atomic E-state index is 0. The van der Waals surface area contributed by atoms with Crippen LogP contribution in [-0.4, -0.2) is 82.6 Å². The van der Waals surface area contributed by atoms with E-state index in [1.165, 1.54) is 28.2 Å². The third-order valence-corrected chi connectivity index (χ3v) is 9.39. The molecule has 1 fully saturated rings. The number of halogens is 2. The zero-order valence-electron chi connectivity index (χ0n) is 27.0. The number of hydrogen-bond donors (Lipinski definition) is 3. The molecule has 50 heavy (non-hydrogen) atoms. The van der Waals surface area contributed by atoms with Crippen LogP contribution in [0.2, 0.25) is 0 Å². The van der Waals surface area contributed by atoms with Crippen molar-refractivity contribution in [1.29, 1.82) is 5.41 Å². The molecule has 3 atom stereocenters. The molecule has 0 saturated carbocycles. The predicted molar refractivity (Wildman–Crippen MR) is 179 cm³/mol. The Labute approximate surface area is 278 Å². The quantitative estimate of drug-likeness (QED) is 0.177. The number of hydrogen-bond acceptors (Lipinski definition) is 10. The van der Waals surface area contributed by atoms with Crippen LogP contribution in [-0.2, 0) is 11.3 Å². The molecule has 8 rings (SSSR count). The Hall–Kier alpha value is -6.83. The number of nitrogens with zero attached hydrogens (tertiary/aromatic N) is 9. The van der Waals surface area contributed by atoms with Crippen LogP contribution in [0, 0.1) is 24.0 Å². The second kappa shape index (κ2) is 11.7. The standard InChI is InChI=1S/C34H31F2N12O.Cm/c1-19-42-26-7-3-5-22-25-6-4-8-29(43-25)44-34(38)14-28(33(49)45(2)21(15-37)11-12-46(19)30(22)26)47(17-34)31-23-16-41-48(32(23)40-18-39-31)27-10-9-20(35)13-24(27)36;/h3-10,13,16,18,21,28,37H,11-12,14,17,38H2,1-2H3,(H,43,44);/q-1;/t21?,28-,34-;/m0./s1. The largest absolute Gasteiger partial charge is 0.517 e. The molecule has 1 saturated heterocycles. The summed E-state index contributed by atoms with van der Waals surface area (Å²) >= 11 is 0. The molecule has 1 unspecified atom stereocenters. The number of aromatic nitrogens is 7. The number of rotatable bonds is 3. The van der Waals surface area contributed by atoms with Crippen LogP contribution in [0.25, 0.3) is 39.0 Å². The van der Waals surface area contributed by atoms with Crippen molar-refractivity contribution in [3.63, 3.8) is 0 Å². The SMILES string of the molecule is Cc1nc2cccc3c2n1CCC([C-]=N)N(C)C(=O)[C@@H]1C[C@@](N)(CN1c1ncnc2c1cnn2-c1ccc(F)cc1F)Nc1cccc-3n1.[Cm]. The van der Waals surface area contributed by atoms with Crippen molar-refractivity contribution in [2.24, 2.45) is 5.73 Å². The van der Waals surface area contributed by atoms with Gasteiger partial charge in [-0.15, -0.1) is 0 Å². The average Bonchev–Trinajstić information content (AvgIpc) is 3.77. The van der Waals surface area contributed by atoms with Gasteiger partial charge in [0, 0.05) is 31.6 Å². The number of nitrogens with two attached hydrogens (primary N) is 1. The summed E-state index contributed by atoms with van der Waals surface area (Å²) in [6.07, 6.45) is 5.94. The van der Waals surface area contributed by atoms with Crippen LogP contribution in [0.1, 0.15) is 18.7 Å². The van der Waals surface area contributed by atoms with E-state index >= 15 is 0 Å². The van der Waals surface area contributed by atoms with E-state index in [0.29, 0.717) is 30.0 Å². The van der Waals surface area contributed by atoms with Crippen molar-refractivity contribution < 1.29 is 13.6 Å². The molecule has 0 spiro atoms. The molecule has 4 N–H and O–H groups in total. The molecule has 6 aromatic rings. The van der Waals surface area contributed by atoms with Gasteiger partial charge in [-0.1, -0.05) is 24.2 Å². The van der Waals surface area contributed by atoms with Crippen LogP contribution < -0.4 is 16.0 Å². The smallest absolute Gasteiger partial charge is 0.243 e. The van der Waals surface area contributed by atoms with Crippen LogP contribution in [0.15, 0.2) is 67.1 Å². The Bertz CT molecular complexity index is 2290.